The molecule has 9 rings (SSSR count). The molecule has 0 aliphatic carbocycles. The first-order valence-corrected chi connectivity index (χ1v) is 22.3. The molecule has 0 bridgehead atoms. The fourth-order valence-corrected chi connectivity index (χ4v) is 11.5. The smallest absolute Gasteiger partial charge is 0.279 e. The Kier molecular flexibility index (Phi) is 9.25. The van der Waals surface area contributed by atoms with Crippen molar-refractivity contribution in [1.82, 2.24) is 34.6 Å². The van der Waals surface area contributed by atoms with E-state index < -0.39 is 31.6 Å². The highest BCUT2D eigenvalue weighted by atomic mass is 28.4. The number of aliphatic hydroxyl groups excluding tert-OH is 1. The summed E-state index contributed by atoms with van der Waals surface area (Å²) in [6, 6.07) is 27.2. The van der Waals surface area contributed by atoms with Gasteiger partial charge in [0.1, 0.15) is 0 Å². The van der Waals surface area contributed by atoms with E-state index in [0.717, 1.165) is 10.9 Å². The van der Waals surface area contributed by atoms with Crippen LogP contribution in [0.4, 0.5) is 9.80 Å². The van der Waals surface area contributed by atoms with Crippen LogP contribution in [0.2, 0.25) is 18.6 Å². The summed E-state index contributed by atoms with van der Waals surface area (Å²) in [6.45, 7) is 5.69. The predicted octanol–water partition coefficient (Wildman–Crippen LogP) is 5.62. The Bertz CT molecular complexity index is 2840. The fourth-order valence-electron chi connectivity index (χ4n) is 9.00. The van der Waals surface area contributed by atoms with Crippen molar-refractivity contribution < 1.29 is 18.7 Å². The SMILES string of the molecule is C[C@H]1[C@H]([Si](C)(C)F)[C@@H](CCn2cc(CCO)nn2)O[C@]12C(=O)N(Cc1ccc(-n3ncc4ccccc4c3=O)cc1)c1ccc(-n3ncc4ccccc4c3=O)cc12. The van der Waals surface area contributed by atoms with Crippen molar-refractivity contribution in [1.29, 1.82) is 0 Å². The molecule has 2 aliphatic heterocycles. The van der Waals surface area contributed by atoms with E-state index in [2.05, 4.69) is 20.5 Å². The molecule has 3 aromatic heterocycles. The van der Waals surface area contributed by atoms with E-state index in [1.54, 1.807) is 83.7 Å². The highest BCUT2D eigenvalue weighted by Gasteiger charge is 2.66. The quantitative estimate of drug-likeness (QED) is 0.137. The number of rotatable bonds is 10. The minimum atomic E-state index is -3.49. The molecule has 4 aromatic carbocycles. The maximum Gasteiger partial charge on any atom is 0.279 e. The number of fused-ring (bicyclic) bond motifs is 4. The van der Waals surface area contributed by atoms with Gasteiger partial charge in [-0.2, -0.15) is 19.6 Å². The molecule has 0 radical (unpaired) electrons. The van der Waals surface area contributed by atoms with Gasteiger partial charge in [0, 0.05) is 53.6 Å². The maximum absolute atomic E-state index is 16.6. The van der Waals surface area contributed by atoms with Crippen LogP contribution in [0.25, 0.3) is 32.9 Å². The number of halogens is 1. The molecule has 0 saturated carbocycles. The summed E-state index contributed by atoms with van der Waals surface area (Å²) in [6.07, 6.45) is 5.15. The van der Waals surface area contributed by atoms with Crippen LogP contribution in [0.1, 0.15) is 30.2 Å². The van der Waals surface area contributed by atoms with Crippen LogP contribution in [0.15, 0.2) is 119 Å². The molecule has 1 amide bonds. The number of benzene rings is 4. The standard InChI is InChI=1S/C43H41FN8O5Si/c1-27-39(58(2,3)44)38(18-20-49-26-31(19-21-53)47-48-49)57-43(27)36-22-33(52-41(55)35-11-7-5-9-30(35)24-46-52)16-17-37(36)50(42(43)56)25-28-12-14-32(15-13-28)51-40(54)34-10-6-4-8-29(34)23-45-51/h4-17,22-24,26-27,38-39,53H,18-21,25H2,1-3H3/t27-,38+,39-,43+/m0/s1. The molecule has 1 saturated heterocycles. The number of amides is 1. The van der Waals surface area contributed by atoms with Gasteiger partial charge in [-0.3, -0.25) is 19.1 Å². The molecule has 1 fully saturated rings. The minimum absolute atomic E-state index is 0.0547. The van der Waals surface area contributed by atoms with E-state index in [-0.39, 0.29) is 30.2 Å². The normalized spacial score (nSPS) is 20.5. The summed E-state index contributed by atoms with van der Waals surface area (Å²) in [5, 5.41) is 29.1. The number of carbonyl (C=O) groups excluding carboxylic acids is 1. The number of anilines is 1. The first kappa shape index (κ1) is 37.4. The topological polar surface area (TPSA) is 150 Å². The highest BCUT2D eigenvalue weighted by Crippen LogP contribution is 2.60. The summed E-state index contributed by atoms with van der Waals surface area (Å²) >= 11 is 0. The number of aromatic nitrogens is 7. The average Bonchev–Trinajstić information content (AvgIpc) is 3.87. The lowest BCUT2D eigenvalue weighted by Gasteiger charge is -2.31. The number of nitrogens with zero attached hydrogens (tertiary/aromatic N) is 8. The second-order valence-electron chi connectivity index (χ2n) is 15.7. The molecule has 1 N–H and O–H groups in total. The maximum atomic E-state index is 16.6. The van der Waals surface area contributed by atoms with Gasteiger partial charge in [0.05, 0.1) is 58.6 Å². The molecular weight excluding hydrogens is 756 g/mol. The molecule has 5 heterocycles. The molecule has 4 atom stereocenters. The van der Waals surface area contributed by atoms with E-state index in [4.69, 9.17) is 4.74 Å². The van der Waals surface area contributed by atoms with Crippen molar-refractivity contribution in [2.75, 3.05) is 11.5 Å². The Balaban J connectivity index is 1.11. The largest absolute Gasteiger partial charge is 0.396 e. The summed E-state index contributed by atoms with van der Waals surface area (Å²) in [4.78, 5) is 44.0. The van der Waals surface area contributed by atoms with Crippen molar-refractivity contribution in [2.45, 2.75) is 63.2 Å². The molecule has 58 heavy (non-hydrogen) atoms. The van der Waals surface area contributed by atoms with Crippen molar-refractivity contribution in [3.05, 3.63) is 147 Å². The number of carbonyl (C=O) groups is 1. The fraction of sp³-hybridized carbons (Fsp3) is 0.279. The lowest BCUT2D eigenvalue weighted by atomic mass is 9.82. The van der Waals surface area contributed by atoms with Gasteiger partial charge in [0.2, 0.25) is 8.41 Å². The van der Waals surface area contributed by atoms with Gasteiger partial charge in [0.25, 0.3) is 17.0 Å². The van der Waals surface area contributed by atoms with Crippen molar-refractivity contribution >= 4 is 41.5 Å². The third-order valence-corrected chi connectivity index (χ3v) is 14.2. The molecule has 0 unspecified atom stereocenters. The van der Waals surface area contributed by atoms with Gasteiger partial charge < -0.3 is 18.9 Å². The lowest BCUT2D eigenvalue weighted by molar-refractivity contribution is -0.146. The summed E-state index contributed by atoms with van der Waals surface area (Å²) < 4.78 is 28.0. The number of aliphatic hydroxyl groups is 1. The second-order valence-corrected chi connectivity index (χ2v) is 19.5. The molecule has 1 spiro atoms. The number of hydrogen-bond acceptors (Lipinski definition) is 9. The average molecular weight is 797 g/mol. The molecule has 13 nitrogen and oxygen atoms in total. The second kappa shape index (κ2) is 14.3. The van der Waals surface area contributed by atoms with Crippen molar-refractivity contribution in [2.24, 2.45) is 5.92 Å². The van der Waals surface area contributed by atoms with Crippen LogP contribution in [0.3, 0.4) is 0 Å². The van der Waals surface area contributed by atoms with Crippen LogP contribution >= 0.6 is 0 Å². The van der Waals surface area contributed by atoms with Crippen LogP contribution < -0.4 is 16.0 Å². The Labute approximate surface area is 333 Å². The van der Waals surface area contributed by atoms with Crippen molar-refractivity contribution in [3.8, 4) is 11.4 Å². The number of aryl methyl sites for hydroxylation is 1. The zero-order valence-corrected chi connectivity index (χ0v) is 33.2. The summed E-state index contributed by atoms with van der Waals surface area (Å²) in [5.41, 5.74) is 0.913. The van der Waals surface area contributed by atoms with Crippen LogP contribution in [-0.2, 0) is 34.6 Å². The highest BCUT2D eigenvalue weighted by molar-refractivity contribution is 6.72. The third-order valence-electron chi connectivity index (χ3n) is 11.7. The Morgan fingerprint density at radius 3 is 2.10 bits per heavy atom. The van der Waals surface area contributed by atoms with Gasteiger partial charge in [-0.15, -0.1) is 5.10 Å². The lowest BCUT2D eigenvalue weighted by Crippen LogP contribution is -2.45. The number of hydrogen-bond donors (Lipinski definition) is 1. The molecule has 7 aromatic rings. The van der Waals surface area contributed by atoms with E-state index in [0.29, 0.717) is 63.9 Å². The molecule has 294 valence electrons. The Hall–Kier alpha value is -6.16. The zero-order chi connectivity index (χ0) is 40.3. The molecule has 2 aliphatic rings. The predicted molar refractivity (Wildman–Crippen MR) is 219 cm³/mol. The van der Waals surface area contributed by atoms with E-state index in [9.17, 15) is 14.7 Å². The van der Waals surface area contributed by atoms with Gasteiger partial charge in [-0.1, -0.05) is 60.7 Å². The van der Waals surface area contributed by atoms with Crippen LogP contribution in [-0.4, -0.2) is 66.7 Å². The van der Waals surface area contributed by atoms with Gasteiger partial charge in [-0.05, 0) is 67.5 Å². The first-order valence-electron chi connectivity index (χ1n) is 19.3. The van der Waals surface area contributed by atoms with E-state index >= 15 is 8.90 Å². The summed E-state index contributed by atoms with van der Waals surface area (Å²) in [5.74, 6) is -0.898. The van der Waals surface area contributed by atoms with Gasteiger partial charge in [0.15, 0.2) is 5.60 Å². The molecule has 15 heteroatoms. The molecular formula is C43H41FN8O5Si. The van der Waals surface area contributed by atoms with Crippen molar-refractivity contribution in [3.63, 3.8) is 0 Å². The van der Waals surface area contributed by atoms with Crippen LogP contribution in [0.5, 0.6) is 0 Å². The van der Waals surface area contributed by atoms with Crippen LogP contribution in [0, 0.1) is 5.92 Å². The van der Waals surface area contributed by atoms with E-state index in [1.807, 2.05) is 55.5 Å². The minimum Gasteiger partial charge on any atom is -0.396 e. The Morgan fingerprint density at radius 2 is 1.47 bits per heavy atom. The monoisotopic (exact) mass is 796 g/mol. The third kappa shape index (κ3) is 6.17. The number of ether oxygens (including phenoxy) is 1. The Morgan fingerprint density at radius 1 is 0.845 bits per heavy atom. The van der Waals surface area contributed by atoms with Gasteiger partial charge >= 0.3 is 0 Å². The van der Waals surface area contributed by atoms with Gasteiger partial charge in [-0.25, -0.2) is 0 Å². The van der Waals surface area contributed by atoms with E-state index in [1.165, 1.54) is 9.36 Å². The summed E-state index contributed by atoms with van der Waals surface area (Å²) in [7, 11) is -3.49. The zero-order valence-electron chi connectivity index (χ0n) is 32.2. The first-order chi connectivity index (χ1) is 28.0.